The zero-order chi connectivity index (χ0) is 19.0. The van der Waals surface area contributed by atoms with Crippen molar-refractivity contribution < 1.29 is 34.0 Å². The third-order valence-electron chi connectivity index (χ3n) is 4.91. The number of benzene rings is 1. The predicted molar refractivity (Wildman–Crippen MR) is 124 cm³/mol. The van der Waals surface area contributed by atoms with Crippen LogP contribution in [0.3, 0.4) is 0 Å². The van der Waals surface area contributed by atoms with Gasteiger partial charge in [-0.1, -0.05) is 0 Å². The van der Waals surface area contributed by atoms with E-state index in [2.05, 4.69) is 52.0 Å². The first kappa shape index (κ1) is 31.9. The molecule has 166 valence electrons. The Hall–Kier alpha value is 1.76. The van der Waals surface area contributed by atoms with Gasteiger partial charge in [0, 0.05) is 0 Å². The molecule has 0 unspecified atom stereocenters. The van der Waals surface area contributed by atoms with Crippen LogP contribution in [0.1, 0.15) is 90.2 Å². The third-order valence-corrected chi connectivity index (χ3v) is 19.0. The topological polar surface area (TPSA) is 0 Å². The summed E-state index contributed by atoms with van der Waals surface area (Å²) in [5, 5.41) is 0. The van der Waals surface area contributed by atoms with Gasteiger partial charge in [0.2, 0.25) is 0 Å². The summed E-state index contributed by atoms with van der Waals surface area (Å²) in [6.45, 7) is 9.40. The predicted octanol–water partition coefficient (Wildman–Crippen LogP) is 2.05. The van der Waals surface area contributed by atoms with Crippen LogP contribution in [0.15, 0.2) is 24.3 Å². The second kappa shape index (κ2) is 22.0. The molecule has 0 radical (unpaired) electrons. The van der Waals surface area contributed by atoms with E-state index in [4.69, 9.17) is 0 Å². The van der Waals surface area contributed by atoms with Gasteiger partial charge in [-0.2, -0.15) is 0 Å². The van der Waals surface area contributed by atoms with Gasteiger partial charge in [0.05, 0.1) is 0 Å². The maximum Gasteiger partial charge on any atom is -1.00 e. The number of hydrogen-bond donors (Lipinski definition) is 0. The van der Waals surface area contributed by atoms with Crippen molar-refractivity contribution in [3.8, 4) is 0 Å². The number of rotatable bonds is 16. The summed E-state index contributed by atoms with van der Waals surface area (Å²) in [6, 6.07) is 9.99. The molecule has 1 aromatic carbocycles. The molecule has 0 aromatic heterocycles. The van der Waals surface area contributed by atoms with Gasteiger partial charge in [-0.3, -0.25) is 0 Å². The van der Waals surface area contributed by atoms with E-state index >= 15 is 0 Å². The van der Waals surface area contributed by atoms with Gasteiger partial charge >= 0.3 is 180 Å². The van der Waals surface area contributed by atoms with Crippen molar-refractivity contribution in [2.45, 2.75) is 106 Å². The molecule has 0 heterocycles. The van der Waals surface area contributed by atoms with Crippen molar-refractivity contribution in [3.63, 3.8) is 0 Å². The molecule has 0 amide bonds. The molecule has 0 aliphatic heterocycles. The smallest absolute Gasteiger partial charge is 1.00 e. The maximum absolute atomic E-state index is 2.50. The Morgan fingerprint density at radius 1 is 0.500 bits per heavy atom. The molecule has 0 fully saturated rings. The Morgan fingerprint density at radius 3 is 0.964 bits per heavy atom. The fraction of sp³-hybridized carbons (Fsp3) is 0.750. The van der Waals surface area contributed by atoms with Gasteiger partial charge in [0.1, 0.15) is 0 Å². The second-order valence-corrected chi connectivity index (χ2v) is 20.9. The molecule has 0 saturated carbocycles. The van der Waals surface area contributed by atoms with Crippen molar-refractivity contribution in [3.05, 3.63) is 35.4 Å². The Kier molecular flexibility index (Phi) is 25.1. The number of unbranched alkanes of at least 4 members (excludes halogenated alkanes) is 4. The molecule has 0 bridgehead atoms. The molecule has 1 rings (SSSR count). The molecular formula is C24H44Br2Te2. The van der Waals surface area contributed by atoms with E-state index in [9.17, 15) is 0 Å². The van der Waals surface area contributed by atoms with Crippen LogP contribution in [-0.2, 0) is 8.94 Å². The summed E-state index contributed by atoms with van der Waals surface area (Å²) in [5.41, 5.74) is 3.31. The third kappa shape index (κ3) is 15.5. The monoisotopic (exact) mass is 750 g/mol. The minimum atomic E-state index is -0.888. The average molecular weight is 748 g/mol. The molecule has 1 aromatic rings. The van der Waals surface area contributed by atoms with Gasteiger partial charge in [-0.15, -0.1) is 0 Å². The van der Waals surface area contributed by atoms with E-state index in [0.717, 1.165) is 0 Å². The summed E-state index contributed by atoms with van der Waals surface area (Å²) in [4.78, 5) is 0. The van der Waals surface area contributed by atoms with Crippen LogP contribution in [0.4, 0.5) is 0 Å². The average Bonchev–Trinajstić information content (AvgIpc) is 2.67. The summed E-state index contributed by atoms with van der Waals surface area (Å²) in [6.07, 6.45) is 11.4. The summed E-state index contributed by atoms with van der Waals surface area (Å²) in [5.74, 6) is 0. The van der Waals surface area contributed by atoms with Crippen LogP contribution in [-0.4, -0.2) is 39.1 Å². The molecule has 0 N–H and O–H groups in total. The minimum Gasteiger partial charge on any atom is -1.00 e. The Balaban J connectivity index is 0. The van der Waals surface area contributed by atoms with Gasteiger partial charge in [0.15, 0.2) is 0 Å². The Bertz CT molecular complexity index is 380. The summed E-state index contributed by atoms with van der Waals surface area (Å²) < 4.78 is 9.30. The fourth-order valence-electron chi connectivity index (χ4n) is 3.09. The zero-order valence-electron chi connectivity index (χ0n) is 18.8. The van der Waals surface area contributed by atoms with Crippen LogP contribution in [0.25, 0.3) is 0 Å². The molecule has 0 nitrogen and oxygen atoms in total. The van der Waals surface area contributed by atoms with Crippen LogP contribution < -0.4 is 34.0 Å². The SMILES string of the molecule is CCCC[Te+](CCCC)Cc1ccc(C[Te+](CCCC)CCCC)cc1.[Br-].[Br-]. The quantitative estimate of drug-likeness (QED) is 0.228. The zero-order valence-corrected chi connectivity index (χ0v) is 26.6. The van der Waals surface area contributed by atoms with Crippen LogP contribution >= 0.6 is 0 Å². The first-order valence-electron chi connectivity index (χ1n) is 11.1. The number of halogens is 2. The minimum absolute atomic E-state index is 0. The molecule has 0 aliphatic carbocycles. The van der Waals surface area contributed by atoms with Crippen LogP contribution in [0.2, 0.25) is 17.9 Å². The van der Waals surface area contributed by atoms with Crippen LogP contribution in [0, 0.1) is 0 Å². The Labute approximate surface area is 212 Å². The molecule has 0 atom stereocenters. The van der Waals surface area contributed by atoms with E-state index in [1.165, 1.54) is 60.3 Å². The number of hydrogen-bond acceptors (Lipinski definition) is 0. The van der Waals surface area contributed by atoms with E-state index in [1.807, 2.05) is 0 Å². The maximum atomic E-state index is 2.50. The Morgan fingerprint density at radius 2 is 0.750 bits per heavy atom. The summed E-state index contributed by atoms with van der Waals surface area (Å²) in [7, 11) is 0. The molecule has 0 saturated heterocycles. The molecule has 4 heteroatoms. The molecule has 28 heavy (non-hydrogen) atoms. The first-order valence-corrected chi connectivity index (χ1v) is 21.0. The fourth-order valence-corrected chi connectivity index (χ4v) is 17.6. The summed E-state index contributed by atoms with van der Waals surface area (Å²) >= 11 is -1.78. The van der Waals surface area contributed by atoms with Crippen molar-refractivity contribution in [2.75, 3.05) is 0 Å². The van der Waals surface area contributed by atoms with E-state index in [-0.39, 0.29) is 34.0 Å². The first-order chi connectivity index (χ1) is 12.7. The molecule has 0 spiro atoms. The van der Waals surface area contributed by atoms with Gasteiger partial charge in [-0.25, -0.2) is 0 Å². The van der Waals surface area contributed by atoms with Crippen molar-refractivity contribution in [2.24, 2.45) is 0 Å². The van der Waals surface area contributed by atoms with Gasteiger partial charge < -0.3 is 34.0 Å². The van der Waals surface area contributed by atoms with Crippen LogP contribution in [0.5, 0.6) is 0 Å². The van der Waals surface area contributed by atoms with E-state index in [1.54, 1.807) is 29.0 Å². The normalized spacial score (nSPS) is 10.8. The van der Waals surface area contributed by atoms with E-state index in [0.29, 0.717) is 0 Å². The van der Waals surface area contributed by atoms with E-state index < -0.39 is 39.1 Å². The molecular weight excluding hydrogens is 703 g/mol. The van der Waals surface area contributed by atoms with Crippen molar-refractivity contribution in [1.29, 1.82) is 0 Å². The van der Waals surface area contributed by atoms with Crippen molar-refractivity contribution in [1.82, 2.24) is 0 Å². The largest absolute Gasteiger partial charge is 1.00 e. The molecule has 0 aliphatic rings. The standard InChI is InChI=1S/C24H44Te2.2BrH/c1-5-9-17-25(18-10-6-2)21-23-13-15-24(16-14-23)22-26(19-11-7-3)20-12-8-4;;/h13-16H,5-12,17-22H2,1-4H3;2*1H/q+2;;/p-2. The van der Waals surface area contributed by atoms with Crippen molar-refractivity contribution >= 4 is 39.1 Å². The van der Waals surface area contributed by atoms with Gasteiger partial charge in [-0.05, 0) is 0 Å². The second-order valence-electron chi connectivity index (χ2n) is 7.56. The van der Waals surface area contributed by atoms with Gasteiger partial charge in [0.25, 0.3) is 0 Å².